The van der Waals surface area contributed by atoms with E-state index in [1.807, 2.05) is 13.0 Å². The molecule has 0 fully saturated rings. The van der Waals surface area contributed by atoms with Gasteiger partial charge in [0, 0.05) is 16.6 Å². The molecule has 0 saturated heterocycles. The molecule has 1 aromatic carbocycles. The number of pyridine rings is 1. The molecule has 2 amide bonds. The third-order valence-electron chi connectivity index (χ3n) is 4.51. The maximum Gasteiger partial charge on any atom is 0.248 e. The van der Waals surface area contributed by atoms with Crippen molar-refractivity contribution in [3.8, 4) is 11.1 Å². The second-order valence-corrected chi connectivity index (χ2v) is 7.67. The summed E-state index contributed by atoms with van der Waals surface area (Å²) in [7, 11) is 0. The lowest BCUT2D eigenvalue weighted by Crippen LogP contribution is -2.18. The zero-order chi connectivity index (χ0) is 21.7. The number of anilines is 2. The third kappa shape index (κ3) is 4.96. The van der Waals surface area contributed by atoms with Crippen LogP contribution in [0, 0.1) is 5.95 Å². The lowest BCUT2D eigenvalue weighted by atomic mass is 9.96. The zero-order valence-electron chi connectivity index (χ0n) is 16.6. The summed E-state index contributed by atoms with van der Waals surface area (Å²) in [4.78, 5) is 33.1. The molecule has 2 heterocycles. The third-order valence-corrected chi connectivity index (χ3v) is 5.57. The quantitative estimate of drug-likeness (QED) is 0.423. The molecule has 1 atom stereocenters. The van der Waals surface area contributed by atoms with Crippen LogP contribution in [0.3, 0.4) is 0 Å². The van der Waals surface area contributed by atoms with E-state index in [2.05, 4.69) is 27.2 Å². The average molecular weight is 425 g/mol. The number of carbonyl (C=O) groups excluding carboxylic acids is 2. The van der Waals surface area contributed by atoms with Gasteiger partial charge in [0.05, 0.1) is 5.92 Å². The van der Waals surface area contributed by atoms with Gasteiger partial charge in [-0.3, -0.25) is 9.59 Å². The van der Waals surface area contributed by atoms with Crippen LogP contribution in [0.15, 0.2) is 55.3 Å². The average Bonchev–Trinajstić information content (AvgIpc) is 3.20. The van der Waals surface area contributed by atoms with E-state index in [-0.39, 0.29) is 17.3 Å². The number of amides is 2. The Kier molecular flexibility index (Phi) is 6.68. The number of hydrogen-bond donors (Lipinski definition) is 2. The normalized spacial score (nSPS) is 11.6. The van der Waals surface area contributed by atoms with Crippen molar-refractivity contribution < 1.29 is 14.0 Å². The van der Waals surface area contributed by atoms with Crippen LogP contribution < -0.4 is 10.6 Å². The van der Waals surface area contributed by atoms with Crippen molar-refractivity contribution >= 4 is 34.1 Å². The van der Waals surface area contributed by atoms with E-state index in [0.29, 0.717) is 10.7 Å². The molecule has 0 bridgehead atoms. The lowest BCUT2D eigenvalue weighted by Gasteiger charge is -2.13. The minimum atomic E-state index is -0.721. The first-order chi connectivity index (χ1) is 14.4. The SMILES string of the molecule is C=CC(=O)Nc1ccc(-c2cccc(C(C)C(=O)Nc3ncc(CC)s3)c2)c(F)n1. The van der Waals surface area contributed by atoms with Crippen molar-refractivity contribution in [3.05, 3.63) is 71.6 Å². The minimum absolute atomic E-state index is 0.0972. The molecule has 3 rings (SSSR count). The zero-order valence-corrected chi connectivity index (χ0v) is 17.4. The standard InChI is InChI=1S/C22H21FN4O2S/c1-4-16-12-24-22(30-16)27-21(29)13(3)14-7-6-8-15(11-14)17-9-10-18(26-20(17)23)25-19(28)5-2/h5-13H,2,4H2,1,3H3,(H,24,27,29)(H,25,26,28). The van der Waals surface area contributed by atoms with E-state index < -0.39 is 17.8 Å². The van der Waals surface area contributed by atoms with Gasteiger partial charge in [-0.1, -0.05) is 37.8 Å². The predicted molar refractivity (Wildman–Crippen MR) is 117 cm³/mol. The van der Waals surface area contributed by atoms with Crippen molar-refractivity contribution in [2.24, 2.45) is 0 Å². The molecule has 0 spiro atoms. The van der Waals surface area contributed by atoms with Gasteiger partial charge >= 0.3 is 0 Å². The summed E-state index contributed by atoms with van der Waals surface area (Å²) < 4.78 is 14.5. The van der Waals surface area contributed by atoms with E-state index in [1.54, 1.807) is 31.3 Å². The Morgan fingerprint density at radius 1 is 1.27 bits per heavy atom. The Balaban J connectivity index is 1.79. The highest BCUT2D eigenvalue weighted by atomic mass is 32.1. The highest BCUT2D eigenvalue weighted by Gasteiger charge is 2.18. The van der Waals surface area contributed by atoms with Crippen LogP contribution in [0.1, 0.15) is 30.2 Å². The van der Waals surface area contributed by atoms with E-state index >= 15 is 0 Å². The molecule has 3 aromatic rings. The molecule has 0 saturated carbocycles. The molecule has 30 heavy (non-hydrogen) atoms. The summed E-state index contributed by atoms with van der Waals surface area (Å²) in [5.41, 5.74) is 1.59. The molecule has 1 unspecified atom stereocenters. The Morgan fingerprint density at radius 3 is 2.73 bits per heavy atom. The van der Waals surface area contributed by atoms with Gasteiger partial charge < -0.3 is 10.6 Å². The topological polar surface area (TPSA) is 84.0 Å². The van der Waals surface area contributed by atoms with Gasteiger partial charge in [0.25, 0.3) is 0 Å². The van der Waals surface area contributed by atoms with Gasteiger partial charge in [-0.05, 0) is 42.7 Å². The number of aromatic nitrogens is 2. The molecule has 0 radical (unpaired) electrons. The lowest BCUT2D eigenvalue weighted by molar-refractivity contribution is -0.117. The van der Waals surface area contributed by atoms with Crippen LogP contribution in [0.25, 0.3) is 11.1 Å². The minimum Gasteiger partial charge on any atom is -0.307 e. The number of aryl methyl sites for hydroxylation is 1. The second-order valence-electron chi connectivity index (χ2n) is 6.55. The van der Waals surface area contributed by atoms with Crippen LogP contribution in [0.5, 0.6) is 0 Å². The number of nitrogens with one attached hydrogen (secondary N) is 2. The van der Waals surface area contributed by atoms with Gasteiger partial charge in [0.15, 0.2) is 5.13 Å². The molecule has 8 heteroatoms. The Morgan fingerprint density at radius 2 is 2.07 bits per heavy atom. The summed E-state index contributed by atoms with van der Waals surface area (Å²) in [5.74, 6) is -1.74. The molecular formula is C22H21FN4O2S. The Hall–Kier alpha value is -3.39. The number of hydrogen-bond acceptors (Lipinski definition) is 5. The van der Waals surface area contributed by atoms with Gasteiger partial charge in [-0.2, -0.15) is 4.39 Å². The van der Waals surface area contributed by atoms with E-state index in [9.17, 15) is 14.0 Å². The van der Waals surface area contributed by atoms with Gasteiger partial charge in [0.2, 0.25) is 17.8 Å². The second kappa shape index (κ2) is 9.41. The summed E-state index contributed by atoms with van der Waals surface area (Å²) in [6, 6.07) is 10.1. The first kappa shape index (κ1) is 21.3. The van der Waals surface area contributed by atoms with Crippen LogP contribution >= 0.6 is 11.3 Å². The maximum atomic E-state index is 14.5. The molecule has 2 aromatic heterocycles. The first-order valence-corrected chi connectivity index (χ1v) is 10.2. The molecule has 154 valence electrons. The molecule has 0 aliphatic carbocycles. The van der Waals surface area contributed by atoms with Crippen LogP contribution in [-0.2, 0) is 16.0 Å². The van der Waals surface area contributed by atoms with Gasteiger partial charge in [-0.15, -0.1) is 11.3 Å². The largest absolute Gasteiger partial charge is 0.307 e. The van der Waals surface area contributed by atoms with Crippen molar-refractivity contribution in [1.82, 2.24) is 9.97 Å². The number of thiazole rings is 1. The highest BCUT2D eigenvalue weighted by Crippen LogP contribution is 2.28. The predicted octanol–water partition coefficient (Wildman–Crippen LogP) is 4.77. The van der Waals surface area contributed by atoms with Crippen LogP contribution in [0.2, 0.25) is 0 Å². The summed E-state index contributed by atoms with van der Waals surface area (Å²) in [6.07, 6.45) is 3.70. The maximum absolute atomic E-state index is 14.5. The highest BCUT2D eigenvalue weighted by molar-refractivity contribution is 7.15. The monoisotopic (exact) mass is 424 g/mol. The number of halogens is 1. The first-order valence-electron chi connectivity index (χ1n) is 9.37. The van der Waals surface area contributed by atoms with E-state index in [4.69, 9.17) is 0 Å². The number of carbonyl (C=O) groups is 2. The van der Waals surface area contributed by atoms with Gasteiger partial charge in [0.1, 0.15) is 5.82 Å². The smallest absolute Gasteiger partial charge is 0.248 e. The molecule has 0 aliphatic heterocycles. The summed E-state index contributed by atoms with van der Waals surface area (Å²) in [6.45, 7) is 7.16. The van der Waals surface area contributed by atoms with Crippen molar-refractivity contribution in [1.29, 1.82) is 0 Å². The number of benzene rings is 1. The van der Waals surface area contributed by atoms with Gasteiger partial charge in [-0.25, -0.2) is 9.97 Å². The molecule has 6 nitrogen and oxygen atoms in total. The van der Waals surface area contributed by atoms with Crippen LogP contribution in [0.4, 0.5) is 15.3 Å². The van der Waals surface area contributed by atoms with Crippen molar-refractivity contribution in [3.63, 3.8) is 0 Å². The molecule has 2 N–H and O–H groups in total. The van der Waals surface area contributed by atoms with Crippen molar-refractivity contribution in [2.45, 2.75) is 26.2 Å². The number of rotatable bonds is 7. The fourth-order valence-electron chi connectivity index (χ4n) is 2.77. The Labute approximate surface area is 177 Å². The fraction of sp³-hybridized carbons (Fsp3) is 0.182. The van der Waals surface area contributed by atoms with E-state index in [1.165, 1.54) is 23.5 Å². The summed E-state index contributed by atoms with van der Waals surface area (Å²) >= 11 is 1.45. The Bertz CT molecular complexity index is 1100. The van der Waals surface area contributed by atoms with Crippen LogP contribution in [-0.4, -0.2) is 21.8 Å². The fourth-order valence-corrected chi connectivity index (χ4v) is 3.52. The van der Waals surface area contributed by atoms with Crippen molar-refractivity contribution in [2.75, 3.05) is 10.6 Å². The summed E-state index contributed by atoms with van der Waals surface area (Å²) in [5, 5.41) is 5.81. The molecule has 0 aliphatic rings. The van der Waals surface area contributed by atoms with E-state index in [0.717, 1.165) is 22.9 Å². The molecular weight excluding hydrogens is 403 g/mol. The number of nitrogens with zero attached hydrogens (tertiary/aromatic N) is 2.